The topological polar surface area (TPSA) is 72.2 Å². The zero-order valence-electron chi connectivity index (χ0n) is 12.3. The second kappa shape index (κ2) is 7.01. The molecule has 1 N–H and O–H groups in total. The molecule has 24 heavy (non-hydrogen) atoms. The fourth-order valence-electron chi connectivity index (χ4n) is 2.55. The van der Waals surface area contributed by atoms with E-state index in [4.69, 9.17) is 23.2 Å². The maximum Gasteiger partial charge on any atom is 0.288 e. The third-order valence-corrected chi connectivity index (χ3v) is 5.40. The van der Waals surface area contributed by atoms with Crippen LogP contribution in [0.3, 0.4) is 0 Å². The van der Waals surface area contributed by atoms with Gasteiger partial charge < -0.3 is 5.32 Å². The molecule has 0 fully saturated rings. The highest BCUT2D eigenvalue weighted by molar-refractivity contribution is 7.99. The number of hydrogen-bond acceptors (Lipinski definition) is 4. The zero-order chi connectivity index (χ0) is 17.3. The normalized spacial score (nSPS) is 16.3. The van der Waals surface area contributed by atoms with E-state index in [0.717, 1.165) is 22.6 Å². The molecule has 0 bridgehead atoms. The molecule has 5 nitrogen and oxygen atoms in total. The van der Waals surface area contributed by atoms with Crippen LogP contribution in [0.4, 0.5) is 5.69 Å². The minimum absolute atomic E-state index is 0.00254. The molecule has 0 aliphatic carbocycles. The molecule has 0 saturated heterocycles. The van der Waals surface area contributed by atoms with Gasteiger partial charge >= 0.3 is 0 Å². The molecule has 3 rings (SSSR count). The molecule has 1 aliphatic rings. The Morgan fingerprint density at radius 3 is 2.79 bits per heavy atom. The summed E-state index contributed by atoms with van der Waals surface area (Å²) in [7, 11) is 0. The monoisotopic (exact) mass is 382 g/mol. The van der Waals surface area contributed by atoms with E-state index in [2.05, 4.69) is 5.32 Å². The predicted octanol–water partition coefficient (Wildman–Crippen LogP) is 4.87. The molecule has 1 aliphatic heterocycles. The Kier molecular flexibility index (Phi) is 4.99. The van der Waals surface area contributed by atoms with Crippen LogP contribution in [-0.4, -0.2) is 16.6 Å². The Labute approximate surface area is 152 Å². The van der Waals surface area contributed by atoms with E-state index in [9.17, 15) is 14.9 Å². The molecule has 1 amide bonds. The van der Waals surface area contributed by atoms with E-state index in [1.54, 1.807) is 11.8 Å². The smallest absolute Gasteiger partial charge is 0.288 e. The van der Waals surface area contributed by atoms with Gasteiger partial charge in [-0.05, 0) is 42.3 Å². The number of nitrogens with one attached hydrogen (secondary N) is 1. The molecule has 2 aromatic carbocycles. The van der Waals surface area contributed by atoms with Crippen LogP contribution in [0.2, 0.25) is 10.0 Å². The van der Waals surface area contributed by atoms with Gasteiger partial charge in [-0.1, -0.05) is 23.2 Å². The largest absolute Gasteiger partial charge is 0.345 e. The number of fused-ring (bicyclic) bond motifs is 1. The Morgan fingerprint density at radius 2 is 2.04 bits per heavy atom. The summed E-state index contributed by atoms with van der Waals surface area (Å²) < 4.78 is 0. The maximum absolute atomic E-state index is 12.5. The number of halogens is 2. The number of nitro benzene ring substituents is 1. The Morgan fingerprint density at radius 1 is 1.25 bits per heavy atom. The first-order valence-corrected chi connectivity index (χ1v) is 8.87. The lowest BCUT2D eigenvalue weighted by Crippen LogP contribution is -2.30. The van der Waals surface area contributed by atoms with Gasteiger partial charge in [0.05, 0.1) is 11.0 Å². The van der Waals surface area contributed by atoms with Crippen LogP contribution in [-0.2, 0) is 0 Å². The van der Waals surface area contributed by atoms with Crippen LogP contribution >= 0.6 is 35.0 Å². The average molecular weight is 383 g/mol. The summed E-state index contributed by atoms with van der Waals surface area (Å²) in [6.45, 7) is 0. The van der Waals surface area contributed by atoms with Crippen LogP contribution in [0.5, 0.6) is 0 Å². The van der Waals surface area contributed by atoms with Crippen molar-refractivity contribution in [3.63, 3.8) is 0 Å². The lowest BCUT2D eigenvalue weighted by atomic mass is 10.0. The minimum Gasteiger partial charge on any atom is -0.345 e. The maximum atomic E-state index is 12.5. The van der Waals surface area contributed by atoms with Crippen molar-refractivity contribution < 1.29 is 9.72 Å². The molecule has 1 atom stereocenters. The number of nitro groups is 1. The number of carbonyl (C=O) groups is 1. The lowest BCUT2D eigenvalue weighted by molar-refractivity contribution is -0.384. The summed E-state index contributed by atoms with van der Waals surface area (Å²) in [6.07, 6.45) is 0.763. The van der Waals surface area contributed by atoms with E-state index in [1.807, 2.05) is 18.2 Å². The van der Waals surface area contributed by atoms with Gasteiger partial charge in [-0.2, -0.15) is 0 Å². The first-order valence-electron chi connectivity index (χ1n) is 7.13. The number of carbonyl (C=O) groups excluding carboxylic acids is 1. The van der Waals surface area contributed by atoms with Gasteiger partial charge in [0.15, 0.2) is 0 Å². The lowest BCUT2D eigenvalue weighted by Gasteiger charge is -2.26. The van der Waals surface area contributed by atoms with Crippen molar-refractivity contribution in [3.8, 4) is 0 Å². The zero-order valence-corrected chi connectivity index (χ0v) is 14.6. The Bertz CT molecular complexity index is 829. The number of hydrogen-bond donors (Lipinski definition) is 1. The van der Waals surface area contributed by atoms with Crippen molar-refractivity contribution in [1.29, 1.82) is 0 Å². The molecule has 1 unspecified atom stereocenters. The molecule has 0 saturated carbocycles. The van der Waals surface area contributed by atoms with Crippen molar-refractivity contribution in [2.24, 2.45) is 0 Å². The third kappa shape index (κ3) is 3.50. The quantitative estimate of drug-likeness (QED) is 0.606. The van der Waals surface area contributed by atoms with Gasteiger partial charge in [0.25, 0.3) is 11.6 Å². The summed E-state index contributed by atoms with van der Waals surface area (Å²) in [4.78, 5) is 23.9. The number of amides is 1. The average Bonchev–Trinajstić information content (AvgIpc) is 2.55. The van der Waals surface area contributed by atoms with Crippen LogP contribution in [0.25, 0.3) is 0 Å². The van der Waals surface area contributed by atoms with Crippen LogP contribution in [0.1, 0.15) is 28.4 Å². The molecule has 2 aromatic rings. The van der Waals surface area contributed by atoms with Gasteiger partial charge in [-0.25, -0.2) is 0 Å². The highest BCUT2D eigenvalue weighted by Crippen LogP contribution is 2.37. The minimum atomic E-state index is -0.606. The number of thioether (sulfide) groups is 1. The van der Waals surface area contributed by atoms with Crippen molar-refractivity contribution in [2.45, 2.75) is 17.4 Å². The van der Waals surface area contributed by atoms with Crippen molar-refractivity contribution >= 4 is 46.6 Å². The molecular formula is C16H12Cl2N2O3S. The predicted molar refractivity (Wildman–Crippen MR) is 95.1 cm³/mol. The standard InChI is InChI=1S/C16H12Cl2N2O3S/c17-10-2-4-15-11(8-10)13(5-6-24-15)19-16(21)9-1-3-12(18)14(7-9)20(22)23/h1-4,7-8,13H,5-6H2,(H,19,21). The number of rotatable bonds is 3. The van der Waals surface area contributed by atoms with Crippen molar-refractivity contribution in [1.82, 2.24) is 5.32 Å². The van der Waals surface area contributed by atoms with E-state index >= 15 is 0 Å². The molecule has 0 aromatic heterocycles. The highest BCUT2D eigenvalue weighted by Gasteiger charge is 2.24. The fourth-order valence-corrected chi connectivity index (χ4v) is 4.02. The third-order valence-electron chi connectivity index (χ3n) is 3.72. The number of benzene rings is 2. The fraction of sp³-hybridized carbons (Fsp3) is 0.188. The van der Waals surface area contributed by atoms with Gasteiger partial charge in [0.1, 0.15) is 5.02 Å². The van der Waals surface area contributed by atoms with Crippen LogP contribution in [0.15, 0.2) is 41.3 Å². The molecule has 8 heteroatoms. The van der Waals surface area contributed by atoms with E-state index < -0.39 is 4.92 Å². The van der Waals surface area contributed by atoms with Gasteiger partial charge in [-0.3, -0.25) is 14.9 Å². The van der Waals surface area contributed by atoms with Crippen molar-refractivity contribution in [3.05, 3.63) is 67.7 Å². The van der Waals surface area contributed by atoms with Crippen molar-refractivity contribution in [2.75, 3.05) is 5.75 Å². The summed E-state index contributed by atoms with van der Waals surface area (Å²) in [5.41, 5.74) is 0.885. The summed E-state index contributed by atoms with van der Waals surface area (Å²) in [5, 5.41) is 14.5. The summed E-state index contributed by atoms with van der Waals surface area (Å²) >= 11 is 13.6. The second-order valence-electron chi connectivity index (χ2n) is 5.27. The molecule has 0 spiro atoms. The Hall–Kier alpha value is -1.76. The number of nitrogens with zero attached hydrogens (tertiary/aromatic N) is 1. The van der Waals surface area contributed by atoms with Gasteiger partial charge in [-0.15, -0.1) is 11.8 Å². The first kappa shape index (κ1) is 17.1. The molecular weight excluding hydrogens is 371 g/mol. The van der Waals surface area contributed by atoms with E-state index in [-0.39, 0.29) is 28.2 Å². The Balaban J connectivity index is 1.85. The van der Waals surface area contributed by atoms with Crippen LogP contribution in [0, 0.1) is 10.1 Å². The SMILES string of the molecule is O=C(NC1CCSc2ccc(Cl)cc21)c1ccc(Cl)c([N+](=O)[O-])c1. The molecule has 1 heterocycles. The highest BCUT2D eigenvalue weighted by atomic mass is 35.5. The first-order chi connectivity index (χ1) is 11.5. The summed E-state index contributed by atoms with van der Waals surface area (Å²) in [5.74, 6) is 0.498. The van der Waals surface area contributed by atoms with Crippen LogP contribution < -0.4 is 5.32 Å². The summed E-state index contributed by atoms with van der Waals surface area (Å²) in [6, 6.07) is 9.44. The van der Waals surface area contributed by atoms with Gasteiger partial charge in [0, 0.05) is 27.3 Å². The second-order valence-corrected chi connectivity index (χ2v) is 7.25. The van der Waals surface area contributed by atoms with E-state index in [0.29, 0.717) is 5.02 Å². The van der Waals surface area contributed by atoms with Gasteiger partial charge in [0.2, 0.25) is 0 Å². The van der Waals surface area contributed by atoms with E-state index in [1.165, 1.54) is 18.2 Å². The molecule has 0 radical (unpaired) electrons. The molecule has 124 valence electrons.